The molecule has 2 atom stereocenters. The predicted molar refractivity (Wildman–Crippen MR) is 45.5 cm³/mol. The van der Waals surface area contributed by atoms with Crippen LogP contribution in [0.15, 0.2) is 0 Å². The zero-order valence-electron chi connectivity index (χ0n) is 7.83. The first-order valence-electron chi connectivity index (χ1n) is 4.40. The van der Waals surface area contributed by atoms with Crippen molar-refractivity contribution in [3.63, 3.8) is 0 Å². The second-order valence-electron chi connectivity index (χ2n) is 3.62. The summed E-state index contributed by atoms with van der Waals surface area (Å²) in [4.78, 5) is 12.8. The molecule has 72 valence electrons. The molecule has 0 aromatic rings. The van der Waals surface area contributed by atoms with Crippen LogP contribution < -0.4 is 0 Å². The Balaban J connectivity index is 2.70. The van der Waals surface area contributed by atoms with Gasteiger partial charge in [0.05, 0.1) is 12.6 Å². The molecule has 1 fully saturated rings. The van der Waals surface area contributed by atoms with E-state index in [1.807, 2.05) is 6.07 Å². The average Bonchev–Trinajstić information content (AvgIpc) is 2.45. The van der Waals surface area contributed by atoms with Crippen molar-refractivity contribution in [2.24, 2.45) is 5.92 Å². The first kappa shape index (κ1) is 9.97. The van der Waals surface area contributed by atoms with Crippen LogP contribution in [0.2, 0.25) is 0 Å². The molecule has 0 spiro atoms. The molecular weight excluding hydrogens is 171 g/mol. The van der Waals surface area contributed by atoms with Crippen molar-refractivity contribution in [2.45, 2.75) is 32.5 Å². The Kier molecular flexibility index (Phi) is 2.86. The number of likely N-dealkylation sites (tertiary alicyclic amines) is 1. The van der Waals surface area contributed by atoms with Crippen molar-refractivity contribution in [3.8, 4) is 6.07 Å². The summed E-state index contributed by atoms with van der Waals surface area (Å²) >= 11 is 0. The Bertz CT molecular complexity index is 246. The van der Waals surface area contributed by atoms with Gasteiger partial charge in [-0.3, -0.25) is 4.79 Å². The fraction of sp³-hybridized carbons (Fsp3) is 0.778. The fourth-order valence-corrected chi connectivity index (χ4v) is 1.48. The summed E-state index contributed by atoms with van der Waals surface area (Å²) in [5.74, 6) is -0.298. The summed E-state index contributed by atoms with van der Waals surface area (Å²) in [5.41, 5.74) is 0. The van der Waals surface area contributed by atoms with E-state index in [1.165, 1.54) is 4.90 Å². The molecule has 1 heterocycles. The molecule has 0 saturated carbocycles. The van der Waals surface area contributed by atoms with Gasteiger partial charge in [0.1, 0.15) is 12.2 Å². The van der Waals surface area contributed by atoms with Crippen molar-refractivity contribution in [1.29, 1.82) is 5.26 Å². The van der Waals surface area contributed by atoms with E-state index in [0.29, 0.717) is 0 Å². The Labute approximate surface area is 77.1 Å². The molecule has 4 heteroatoms. The van der Waals surface area contributed by atoms with Gasteiger partial charge < -0.3 is 4.90 Å². The summed E-state index contributed by atoms with van der Waals surface area (Å²) in [6.07, 6.45) is -0.873. The molecule has 0 aromatic heterocycles. The first-order valence-corrected chi connectivity index (χ1v) is 4.40. The molecule has 0 unspecified atom stereocenters. The number of nitrogens with zero attached hydrogens (tertiary/aromatic N) is 2. The summed E-state index contributed by atoms with van der Waals surface area (Å²) in [6.45, 7) is 3.58. The van der Waals surface area contributed by atoms with E-state index in [0.717, 1.165) is 0 Å². The van der Waals surface area contributed by atoms with Gasteiger partial charge in [0.25, 0.3) is 0 Å². The summed E-state index contributed by atoms with van der Waals surface area (Å²) in [6, 6.07) is 1.38. The molecule has 1 rings (SSSR count). The van der Waals surface area contributed by atoms with Crippen LogP contribution in [0.4, 0.5) is 4.39 Å². The largest absolute Gasteiger partial charge is 0.323 e. The number of hydrogen-bond donors (Lipinski definition) is 0. The van der Waals surface area contributed by atoms with Crippen molar-refractivity contribution >= 4 is 5.91 Å². The van der Waals surface area contributed by atoms with E-state index in [9.17, 15) is 9.18 Å². The second-order valence-corrected chi connectivity index (χ2v) is 3.62. The molecule has 3 nitrogen and oxygen atoms in total. The molecule has 0 aromatic carbocycles. The lowest BCUT2D eigenvalue weighted by Gasteiger charge is -2.20. The van der Waals surface area contributed by atoms with Gasteiger partial charge in [0.2, 0.25) is 5.91 Å². The van der Waals surface area contributed by atoms with Gasteiger partial charge >= 0.3 is 0 Å². The van der Waals surface area contributed by atoms with Crippen LogP contribution in [0.3, 0.4) is 0 Å². The molecule has 0 N–H and O–H groups in total. The number of carbonyl (C=O) groups is 1. The Morgan fingerprint density at radius 2 is 2.31 bits per heavy atom. The first-order chi connectivity index (χ1) is 6.06. The minimum absolute atomic E-state index is 0.0786. The Morgan fingerprint density at radius 1 is 1.69 bits per heavy atom. The molecule has 1 aliphatic rings. The molecule has 1 saturated heterocycles. The van der Waals surface area contributed by atoms with Gasteiger partial charge in [0.15, 0.2) is 0 Å². The van der Waals surface area contributed by atoms with Crippen LogP contribution in [-0.2, 0) is 4.79 Å². The van der Waals surface area contributed by atoms with Crippen LogP contribution in [0, 0.1) is 17.2 Å². The van der Waals surface area contributed by atoms with Gasteiger partial charge in [-0.05, 0) is 0 Å². The van der Waals surface area contributed by atoms with Gasteiger partial charge in [-0.2, -0.15) is 5.26 Å². The number of hydrogen-bond acceptors (Lipinski definition) is 2. The Morgan fingerprint density at radius 3 is 2.77 bits per heavy atom. The summed E-state index contributed by atoms with van der Waals surface area (Å²) in [5, 5.41) is 8.67. The van der Waals surface area contributed by atoms with Crippen molar-refractivity contribution in [1.82, 2.24) is 4.90 Å². The summed E-state index contributed by atoms with van der Waals surface area (Å²) < 4.78 is 12.9. The number of halogens is 1. The van der Waals surface area contributed by atoms with Gasteiger partial charge in [-0.1, -0.05) is 13.8 Å². The van der Waals surface area contributed by atoms with Crippen molar-refractivity contribution in [2.75, 3.05) is 6.54 Å². The van der Waals surface area contributed by atoms with Crippen molar-refractivity contribution < 1.29 is 9.18 Å². The van der Waals surface area contributed by atoms with E-state index < -0.39 is 12.2 Å². The maximum atomic E-state index is 12.9. The highest BCUT2D eigenvalue weighted by molar-refractivity contribution is 5.79. The number of alkyl halides is 1. The van der Waals surface area contributed by atoms with Gasteiger partial charge in [0, 0.05) is 12.3 Å². The highest BCUT2D eigenvalue weighted by atomic mass is 19.1. The van der Waals surface area contributed by atoms with Crippen LogP contribution in [0.5, 0.6) is 0 Å². The minimum Gasteiger partial charge on any atom is -0.323 e. The van der Waals surface area contributed by atoms with E-state index in [4.69, 9.17) is 5.26 Å². The van der Waals surface area contributed by atoms with Crippen molar-refractivity contribution in [3.05, 3.63) is 0 Å². The monoisotopic (exact) mass is 184 g/mol. The molecule has 0 bridgehead atoms. The zero-order valence-corrected chi connectivity index (χ0v) is 7.83. The van der Waals surface area contributed by atoms with E-state index in [1.54, 1.807) is 13.8 Å². The topological polar surface area (TPSA) is 44.1 Å². The molecule has 0 aliphatic carbocycles. The zero-order chi connectivity index (χ0) is 10.0. The molecule has 0 radical (unpaired) electrons. The highest BCUT2D eigenvalue weighted by Crippen LogP contribution is 2.21. The standard InChI is InChI=1S/C9H13FN2O/c1-6(2)9(13)12-5-7(10)3-8(12)4-11/h6-8H,3,5H2,1-2H3/t7-,8-/m0/s1. The van der Waals surface area contributed by atoms with Crippen LogP contribution in [0.1, 0.15) is 20.3 Å². The SMILES string of the molecule is CC(C)C(=O)N1C[C@@H](F)C[C@H]1C#N. The maximum absolute atomic E-state index is 12.9. The minimum atomic E-state index is -1.03. The number of rotatable bonds is 1. The number of carbonyl (C=O) groups excluding carboxylic acids is 1. The lowest BCUT2D eigenvalue weighted by molar-refractivity contribution is -0.134. The number of nitriles is 1. The maximum Gasteiger partial charge on any atom is 0.226 e. The third kappa shape index (κ3) is 1.97. The second kappa shape index (κ2) is 3.73. The van der Waals surface area contributed by atoms with E-state index in [-0.39, 0.29) is 24.8 Å². The lowest BCUT2D eigenvalue weighted by Crippen LogP contribution is -2.37. The van der Waals surface area contributed by atoms with Crippen LogP contribution >= 0.6 is 0 Å². The van der Waals surface area contributed by atoms with Crippen LogP contribution in [-0.4, -0.2) is 29.6 Å². The molecular formula is C9H13FN2O. The summed E-state index contributed by atoms with van der Waals surface area (Å²) in [7, 11) is 0. The highest BCUT2D eigenvalue weighted by Gasteiger charge is 2.35. The average molecular weight is 184 g/mol. The number of amides is 1. The van der Waals surface area contributed by atoms with E-state index in [2.05, 4.69) is 0 Å². The predicted octanol–water partition coefficient (Wildman–Crippen LogP) is 1.10. The smallest absolute Gasteiger partial charge is 0.226 e. The van der Waals surface area contributed by atoms with E-state index >= 15 is 0 Å². The fourth-order valence-electron chi connectivity index (χ4n) is 1.48. The quantitative estimate of drug-likeness (QED) is 0.612. The lowest BCUT2D eigenvalue weighted by atomic mass is 10.1. The van der Waals surface area contributed by atoms with Gasteiger partial charge in [-0.25, -0.2) is 4.39 Å². The van der Waals surface area contributed by atoms with Crippen LogP contribution in [0.25, 0.3) is 0 Å². The molecule has 1 amide bonds. The third-order valence-corrected chi connectivity index (χ3v) is 2.18. The normalized spacial score (nSPS) is 27.8. The Hall–Kier alpha value is -1.11. The molecule has 1 aliphatic heterocycles. The molecule has 13 heavy (non-hydrogen) atoms. The van der Waals surface area contributed by atoms with Gasteiger partial charge in [-0.15, -0.1) is 0 Å². The third-order valence-electron chi connectivity index (χ3n) is 2.18.